The summed E-state index contributed by atoms with van der Waals surface area (Å²) in [6.45, 7) is 4.79. The molecule has 0 amide bonds. The molecular formula is C14H25N3O2. The van der Waals surface area contributed by atoms with Crippen LogP contribution < -0.4 is 5.32 Å². The van der Waals surface area contributed by atoms with Gasteiger partial charge in [0.25, 0.3) is 0 Å². The standard InChI is InChI=1S/C14H25N3O2/c1-3-13-16-12(17-19-13)9-15-14(2,10-18)11-7-5-4-6-8-11/h11,15,18H,3-10H2,1-2H3/t14-/m1/s1. The maximum Gasteiger partial charge on any atom is 0.226 e. The fourth-order valence-electron chi connectivity index (χ4n) is 2.86. The molecule has 0 saturated heterocycles. The van der Waals surface area contributed by atoms with E-state index in [1.807, 2.05) is 6.92 Å². The van der Waals surface area contributed by atoms with E-state index in [9.17, 15) is 5.11 Å². The molecule has 0 spiro atoms. The first-order valence-electron chi connectivity index (χ1n) is 7.35. The Kier molecular flexibility index (Phi) is 4.93. The Morgan fingerprint density at radius 1 is 1.37 bits per heavy atom. The molecule has 0 unspecified atom stereocenters. The number of aromatic nitrogens is 2. The summed E-state index contributed by atoms with van der Waals surface area (Å²) in [4.78, 5) is 4.29. The van der Waals surface area contributed by atoms with Crippen LogP contribution in [-0.4, -0.2) is 27.4 Å². The molecule has 1 fully saturated rings. The van der Waals surface area contributed by atoms with Crippen molar-refractivity contribution < 1.29 is 9.63 Å². The third kappa shape index (κ3) is 3.54. The quantitative estimate of drug-likeness (QED) is 0.825. The van der Waals surface area contributed by atoms with Crippen LogP contribution in [0.1, 0.15) is 57.7 Å². The van der Waals surface area contributed by atoms with Gasteiger partial charge >= 0.3 is 0 Å². The zero-order valence-corrected chi connectivity index (χ0v) is 12.0. The molecule has 5 nitrogen and oxygen atoms in total. The van der Waals surface area contributed by atoms with Crippen LogP contribution in [-0.2, 0) is 13.0 Å². The zero-order valence-electron chi connectivity index (χ0n) is 12.0. The summed E-state index contributed by atoms with van der Waals surface area (Å²) in [5.41, 5.74) is -0.243. The van der Waals surface area contributed by atoms with Gasteiger partial charge in [0.15, 0.2) is 5.82 Å². The molecule has 1 aromatic rings. The van der Waals surface area contributed by atoms with Crippen LogP contribution in [0.4, 0.5) is 0 Å². The van der Waals surface area contributed by atoms with E-state index in [1.165, 1.54) is 32.1 Å². The Bertz CT molecular complexity index is 388. The van der Waals surface area contributed by atoms with Crippen molar-refractivity contribution in [1.29, 1.82) is 0 Å². The molecule has 1 aliphatic carbocycles. The summed E-state index contributed by atoms with van der Waals surface area (Å²) in [7, 11) is 0. The van der Waals surface area contributed by atoms with Gasteiger partial charge in [0.1, 0.15) is 0 Å². The van der Waals surface area contributed by atoms with Crippen molar-refractivity contribution in [3.63, 3.8) is 0 Å². The highest BCUT2D eigenvalue weighted by Gasteiger charge is 2.34. The van der Waals surface area contributed by atoms with E-state index in [2.05, 4.69) is 22.4 Å². The maximum absolute atomic E-state index is 9.74. The lowest BCUT2D eigenvalue weighted by Gasteiger charge is -2.39. The first-order chi connectivity index (χ1) is 9.18. The predicted molar refractivity (Wildman–Crippen MR) is 72.6 cm³/mol. The minimum absolute atomic E-state index is 0.149. The number of aliphatic hydroxyl groups excluding tert-OH is 1. The van der Waals surface area contributed by atoms with Crippen molar-refractivity contribution in [2.24, 2.45) is 5.92 Å². The molecule has 108 valence electrons. The summed E-state index contributed by atoms with van der Waals surface area (Å²) in [6, 6.07) is 0. The molecule has 0 aliphatic heterocycles. The van der Waals surface area contributed by atoms with Gasteiger partial charge in [-0.1, -0.05) is 31.3 Å². The topological polar surface area (TPSA) is 71.2 Å². The fraction of sp³-hybridized carbons (Fsp3) is 0.857. The Balaban J connectivity index is 1.93. The molecule has 19 heavy (non-hydrogen) atoms. The van der Waals surface area contributed by atoms with Crippen LogP contribution in [0.3, 0.4) is 0 Å². The van der Waals surface area contributed by atoms with Gasteiger partial charge in [-0.3, -0.25) is 0 Å². The maximum atomic E-state index is 9.74. The number of rotatable bonds is 6. The highest BCUT2D eigenvalue weighted by Crippen LogP contribution is 2.32. The fourth-order valence-corrected chi connectivity index (χ4v) is 2.86. The largest absolute Gasteiger partial charge is 0.394 e. The molecular weight excluding hydrogens is 242 g/mol. The van der Waals surface area contributed by atoms with Gasteiger partial charge in [-0.15, -0.1) is 0 Å². The second-order valence-corrected chi connectivity index (χ2v) is 5.72. The summed E-state index contributed by atoms with van der Waals surface area (Å²) in [6.07, 6.45) is 7.00. The third-order valence-electron chi connectivity index (χ3n) is 4.30. The van der Waals surface area contributed by atoms with Crippen molar-refractivity contribution in [2.75, 3.05) is 6.61 Å². The number of hydrogen-bond donors (Lipinski definition) is 2. The molecule has 1 heterocycles. The Morgan fingerprint density at radius 3 is 2.68 bits per heavy atom. The SMILES string of the molecule is CCc1nc(CN[C@](C)(CO)C2CCCCC2)no1. The first kappa shape index (κ1) is 14.5. The summed E-state index contributed by atoms with van der Waals surface area (Å²) in [5.74, 6) is 1.87. The van der Waals surface area contributed by atoms with Crippen molar-refractivity contribution in [3.05, 3.63) is 11.7 Å². The molecule has 0 bridgehead atoms. The van der Waals surface area contributed by atoms with Crippen LogP contribution in [0.15, 0.2) is 4.52 Å². The number of hydrogen-bond acceptors (Lipinski definition) is 5. The summed E-state index contributed by atoms with van der Waals surface area (Å²) in [5, 5.41) is 17.1. The average molecular weight is 267 g/mol. The lowest BCUT2D eigenvalue weighted by atomic mass is 9.76. The zero-order chi connectivity index (χ0) is 13.7. The Hall–Kier alpha value is -0.940. The number of aryl methyl sites for hydroxylation is 1. The second kappa shape index (κ2) is 6.48. The Morgan fingerprint density at radius 2 is 2.11 bits per heavy atom. The number of aliphatic hydroxyl groups is 1. The molecule has 5 heteroatoms. The van der Waals surface area contributed by atoms with Gasteiger partial charge in [0.05, 0.1) is 13.2 Å². The predicted octanol–water partition coefficient (Wildman–Crippen LogP) is 2.05. The molecule has 1 aliphatic rings. The van der Waals surface area contributed by atoms with Crippen LogP contribution in [0.2, 0.25) is 0 Å². The highest BCUT2D eigenvalue weighted by atomic mass is 16.5. The van der Waals surface area contributed by atoms with E-state index in [-0.39, 0.29) is 12.1 Å². The van der Waals surface area contributed by atoms with Crippen molar-refractivity contribution >= 4 is 0 Å². The molecule has 0 radical (unpaired) electrons. The van der Waals surface area contributed by atoms with E-state index >= 15 is 0 Å². The van der Waals surface area contributed by atoms with Gasteiger partial charge < -0.3 is 14.9 Å². The molecule has 2 rings (SSSR count). The summed E-state index contributed by atoms with van der Waals surface area (Å²) < 4.78 is 5.09. The average Bonchev–Trinajstić information content (AvgIpc) is 2.94. The van der Waals surface area contributed by atoms with Gasteiger partial charge in [-0.05, 0) is 25.7 Å². The molecule has 1 aromatic heterocycles. The van der Waals surface area contributed by atoms with Crippen molar-refractivity contribution in [3.8, 4) is 0 Å². The van der Waals surface area contributed by atoms with E-state index in [0.717, 1.165) is 6.42 Å². The summed E-state index contributed by atoms with van der Waals surface area (Å²) >= 11 is 0. The number of nitrogens with zero attached hydrogens (tertiary/aromatic N) is 2. The van der Waals surface area contributed by atoms with Crippen molar-refractivity contribution in [1.82, 2.24) is 15.5 Å². The lowest BCUT2D eigenvalue weighted by molar-refractivity contribution is 0.0928. The Labute approximate surface area is 114 Å². The van der Waals surface area contributed by atoms with Crippen LogP contribution in [0, 0.1) is 5.92 Å². The third-order valence-corrected chi connectivity index (χ3v) is 4.30. The van der Waals surface area contributed by atoms with Gasteiger partial charge in [0.2, 0.25) is 5.89 Å². The highest BCUT2D eigenvalue weighted by molar-refractivity contribution is 4.94. The minimum Gasteiger partial charge on any atom is -0.394 e. The van der Waals surface area contributed by atoms with Crippen LogP contribution in [0.5, 0.6) is 0 Å². The normalized spacial score (nSPS) is 20.4. The number of nitrogens with one attached hydrogen (secondary N) is 1. The van der Waals surface area contributed by atoms with Gasteiger partial charge in [-0.25, -0.2) is 0 Å². The van der Waals surface area contributed by atoms with Gasteiger partial charge in [-0.2, -0.15) is 4.98 Å². The molecule has 2 N–H and O–H groups in total. The smallest absolute Gasteiger partial charge is 0.226 e. The first-order valence-corrected chi connectivity index (χ1v) is 7.35. The monoisotopic (exact) mass is 267 g/mol. The van der Waals surface area contributed by atoms with E-state index < -0.39 is 0 Å². The van der Waals surface area contributed by atoms with E-state index in [4.69, 9.17) is 4.52 Å². The van der Waals surface area contributed by atoms with E-state index in [1.54, 1.807) is 0 Å². The minimum atomic E-state index is -0.243. The van der Waals surface area contributed by atoms with Crippen molar-refractivity contribution in [2.45, 2.75) is 64.5 Å². The molecule has 0 aromatic carbocycles. The van der Waals surface area contributed by atoms with E-state index in [0.29, 0.717) is 24.2 Å². The van der Waals surface area contributed by atoms with Gasteiger partial charge in [0, 0.05) is 12.0 Å². The molecule has 1 saturated carbocycles. The molecule has 1 atom stereocenters. The lowest BCUT2D eigenvalue weighted by Crippen LogP contribution is -2.52. The van der Waals surface area contributed by atoms with Crippen LogP contribution >= 0.6 is 0 Å². The second-order valence-electron chi connectivity index (χ2n) is 5.72. The van der Waals surface area contributed by atoms with Crippen LogP contribution in [0.25, 0.3) is 0 Å².